The van der Waals surface area contributed by atoms with Crippen LogP contribution in [0.2, 0.25) is 5.02 Å². The largest absolute Gasteiger partial charge is 0.436 e. The van der Waals surface area contributed by atoms with E-state index in [0.29, 0.717) is 27.7 Å². The number of nitrogens with zero attached hydrogens (tertiary/aromatic N) is 1. The maximum atomic E-state index is 11.0. The van der Waals surface area contributed by atoms with E-state index >= 15 is 0 Å². The molecule has 5 nitrogen and oxygen atoms in total. The molecular weight excluding hydrogens is 334 g/mol. The van der Waals surface area contributed by atoms with Crippen molar-refractivity contribution in [3.63, 3.8) is 0 Å². The van der Waals surface area contributed by atoms with Gasteiger partial charge >= 0.3 is 0 Å². The van der Waals surface area contributed by atoms with Crippen LogP contribution in [0.1, 0.15) is 6.92 Å². The summed E-state index contributed by atoms with van der Waals surface area (Å²) >= 11 is 11.2. The second-order valence-electron chi connectivity index (χ2n) is 4.82. The molecule has 0 saturated heterocycles. The lowest BCUT2D eigenvalue weighted by atomic mass is 10.2. The molecule has 0 aliphatic carbocycles. The van der Waals surface area contributed by atoms with Crippen molar-refractivity contribution in [3.05, 3.63) is 47.5 Å². The molecule has 23 heavy (non-hydrogen) atoms. The lowest BCUT2D eigenvalue weighted by Crippen LogP contribution is -2.32. The quantitative estimate of drug-likeness (QED) is 0.688. The highest BCUT2D eigenvalue weighted by molar-refractivity contribution is 7.80. The fourth-order valence-electron chi connectivity index (χ4n) is 2.08. The van der Waals surface area contributed by atoms with E-state index in [9.17, 15) is 4.79 Å². The Kier molecular flexibility index (Phi) is 4.27. The average molecular weight is 346 g/mol. The van der Waals surface area contributed by atoms with Crippen LogP contribution in [-0.2, 0) is 4.79 Å². The number of carbonyl (C=O) groups excluding carboxylic acids is 1. The molecule has 0 spiro atoms. The van der Waals surface area contributed by atoms with Crippen molar-refractivity contribution in [3.8, 4) is 11.5 Å². The number of nitrogens with one attached hydrogen (secondary N) is 2. The fourth-order valence-corrected chi connectivity index (χ4v) is 2.56. The van der Waals surface area contributed by atoms with Crippen molar-refractivity contribution in [1.29, 1.82) is 0 Å². The lowest BCUT2D eigenvalue weighted by molar-refractivity contribution is -0.117. The number of thiocarbonyl (C=S) groups is 1. The molecule has 0 aliphatic rings. The van der Waals surface area contributed by atoms with Crippen LogP contribution < -0.4 is 10.6 Å². The number of fused-ring (bicyclic) bond motifs is 1. The lowest BCUT2D eigenvalue weighted by Gasteiger charge is -2.07. The van der Waals surface area contributed by atoms with Crippen molar-refractivity contribution in [2.45, 2.75) is 6.92 Å². The van der Waals surface area contributed by atoms with Crippen LogP contribution >= 0.6 is 23.8 Å². The molecule has 1 heterocycles. The van der Waals surface area contributed by atoms with Crippen LogP contribution in [0.25, 0.3) is 22.6 Å². The van der Waals surface area contributed by atoms with Crippen molar-refractivity contribution >= 4 is 51.6 Å². The van der Waals surface area contributed by atoms with E-state index in [1.54, 1.807) is 24.3 Å². The summed E-state index contributed by atoms with van der Waals surface area (Å²) < 4.78 is 5.73. The molecule has 3 aromatic rings. The van der Waals surface area contributed by atoms with Crippen molar-refractivity contribution in [2.24, 2.45) is 0 Å². The maximum absolute atomic E-state index is 11.0. The monoisotopic (exact) mass is 345 g/mol. The minimum atomic E-state index is -0.231. The first-order valence-electron chi connectivity index (χ1n) is 6.77. The van der Waals surface area contributed by atoms with Crippen LogP contribution in [0.4, 0.5) is 5.69 Å². The Morgan fingerprint density at radius 3 is 2.78 bits per heavy atom. The minimum absolute atomic E-state index is 0.228. The summed E-state index contributed by atoms with van der Waals surface area (Å²) in [5.74, 6) is 0.221. The van der Waals surface area contributed by atoms with Gasteiger partial charge in [0.2, 0.25) is 11.8 Å². The van der Waals surface area contributed by atoms with Crippen LogP contribution in [-0.4, -0.2) is 16.0 Å². The van der Waals surface area contributed by atoms with Gasteiger partial charge in [-0.1, -0.05) is 23.7 Å². The van der Waals surface area contributed by atoms with Gasteiger partial charge in [-0.25, -0.2) is 4.98 Å². The first kappa shape index (κ1) is 15.5. The topological polar surface area (TPSA) is 67.2 Å². The van der Waals surface area contributed by atoms with Gasteiger partial charge in [0.15, 0.2) is 10.7 Å². The summed E-state index contributed by atoms with van der Waals surface area (Å²) in [6.07, 6.45) is 0. The summed E-state index contributed by atoms with van der Waals surface area (Å²) in [4.78, 5) is 15.4. The smallest absolute Gasteiger partial charge is 0.228 e. The number of amides is 1. The Morgan fingerprint density at radius 1 is 1.26 bits per heavy atom. The van der Waals surface area contributed by atoms with Crippen LogP contribution in [0.15, 0.2) is 46.9 Å². The highest BCUT2D eigenvalue weighted by Gasteiger charge is 2.11. The number of hydrogen-bond donors (Lipinski definition) is 2. The Balaban J connectivity index is 1.91. The molecule has 116 valence electrons. The summed E-state index contributed by atoms with van der Waals surface area (Å²) in [5, 5.41) is 6.22. The number of carbonyl (C=O) groups is 1. The van der Waals surface area contributed by atoms with E-state index < -0.39 is 0 Å². The summed E-state index contributed by atoms with van der Waals surface area (Å²) in [5.41, 5.74) is 2.73. The Labute approximate surface area is 142 Å². The number of rotatable bonds is 2. The number of oxazole rings is 1. The Bertz CT molecular complexity index is 907. The van der Waals surface area contributed by atoms with Gasteiger partial charge in [0.05, 0.1) is 10.6 Å². The predicted molar refractivity (Wildman–Crippen MR) is 94.5 cm³/mol. The molecule has 0 bridgehead atoms. The van der Waals surface area contributed by atoms with E-state index in [0.717, 1.165) is 5.56 Å². The molecule has 0 fully saturated rings. The SMILES string of the molecule is CC(=O)NC(=S)Nc1ccc2oc(-c3ccccc3Cl)nc2c1. The van der Waals surface area contributed by atoms with Crippen molar-refractivity contribution < 1.29 is 9.21 Å². The number of anilines is 1. The molecule has 0 atom stereocenters. The van der Waals surface area contributed by atoms with Gasteiger partial charge in [-0.15, -0.1) is 0 Å². The second-order valence-corrected chi connectivity index (χ2v) is 5.63. The van der Waals surface area contributed by atoms with Crippen LogP contribution in [0.5, 0.6) is 0 Å². The standard InChI is InChI=1S/C16H12ClN3O2S/c1-9(21)18-16(23)19-10-6-7-14-13(8-10)20-15(22-14)11-4-2-3-5-12(11)17/h2-8H,1H3,(H2,18,19,21,23). The third-order valence-electron chi connectivity index (χ3n) is 3.04. The van der Waals surface area contributed by atoms with Gasteiger partial charge < -0.3 is 15.1 Å². The molecule has 1 aromatic heterocycles. The molecule has 0 aliphatic heterocycles. The average Bonchev–Trinajstić information content (AvgIpc) is 2.89. The molecular formula is C16H12ClN3O2S. The maximum Gasteiger partial charge on any atom is 0.228 e. The normalized spacial score (nSPS) is 10.5. The van der Waals surface area contributed by atoms with E-state index in [1.807, 2.05) is 18.2 Å². The zero-order valence-electron chi connectivity index (χ0n) is 12.1. The minimum Gasteiger partial charge on any atom is -0.436 e. The number of halogens is 1. The number of aromatic nitrogens is 1. The first-order chi connectivity index (χ1) is 11.0. The summed E-state index contributed by atoms with van der Waals surface area (Å²) in [6.45, 7) is 1.39. The van der Waals surface area contributed by atoms with E-state index in [2.05, 4.69) is 15.6 Å². The Morgan fingerprint density at radius 2 is 2.04 bits per heavy atom. The van der Waals surface area contributed by atoms with Gasteiger partial charge in [0.25, 0.3) is 0 Å². The number of benzene rings is 2. The van der Waals surface area contributed by atoms with Gasteiger partial charge in [-0.2, -0.15) is 0 Å². The molecule has 0 unspecified atom stereocenters. The highest BCUT2D eigenvalue weighted by Crippen LogP contribution is 2.30. The third kappa shape index (κ3) is 3.49. The highest BCUT2D eigenvalue weighted by atomic mass is 35.5. The van der Waals surface area contributed by atoms with Gasteiger partial charge in [-0.3, -0.25) is 4.79 Å². The van der Waals surface area contributed by atoms with Gasteiger partial charge in [0.1, 0.15) is 5.52 Å². The van der Waals surface area contributed by atoms with Crippen LogP contribution in [0.3, 0.4) is 0 Å². The molecule has 3 rings (SSSR count). The molecule has 1 amide bonds. The molecule has 2 aromatic carbocycles. The third-order valence-corrected chi connectivity index (χ3v) is 3.57. The Hall–Kier alpha value is -2.44. The second kappa shape index (κ2) is 6.36. The van der Waals surface area contributed by atoms with E-state index in [-0.39, 0.29) is 11.0 Å². The fraction of sp³-hybridized carbons (Fsp3) is 0.0625. The first-order valence-corrected chi connectivity index (χ1v) is 7.55. The summed E-state index contributed by atoms with van der Waals surface area (Å²) in [6, 6.07) is 12.7. The van der Waals surface area contributed by atoms with Gasteiger partial charge in [-0.05, 0) is 42.5 Å². The van der Waals surface area contributed by atoms with Crippen LogP contribution in [0, 0.1) is 0 Å². The van der Waals surface area contributed by atoms with Crippen molar-refractivity contribution in [2.75, 3.05) is 5.32 Å². The molecule has 2 N–H and O–H groups in total. The van der Waals surface area contributed by atoms with Gasteiger partial charge in [0, 0.05) is 12.6 Å². The molecule has 0 radical (unpaired) electrons. The van der Waals surface area contributed by atoms with E-state index in [1.165, 1.54) is 6.92 Å². The predicted octanol–water partition coefficient (Wildman–Crippen LogP) is 3.98. The number of hydrogen-bond acceptors (Lipinski definition) is 4. The van der Waals surface area contributed by atoms with E-state index in [4.69, 9.17) is 28.2 Å². The molecule has 7 heteroatoms. The summed E-state index contributed by atoms with van der Waals surface area (Å²) in [7, 11) is 0. The van der Waals surface area contributed by atoms with Crippen molar-refractivity contribution in [1.82, 2.24) is 10.3 Å². The zero-order valence-corrected chi connectivity index (χ0v) is 13.7. The zero-order chi connectivity index (χ0) is 16.4. The molecule has 0 saturated carbocycles.